The summed E-state index contributed by atoms with van der Waals surface area (Å²) in [6, 6.07) is 17.8. The van der Waals surface area contributed by atoms with Gasteiger partial charge in [-0.1, -0.05) is 45.9 Å². The second kappa shape index (κ2) is 15.6. The third-order valence-electron chi connectivity index (χ3n) is 8.02. The van der Waals surface area contributed by atoms with Crippen molar-refractivity contribution < 1.29 is 18.4 Å². The molecule has 0 radical (unpaired) electrons. The number of rotatable bonds is 15. The van der Waals surface area contributed by atoms with Gasteiger partial charge in [-0.15, -0.1) is 0 Å². The van der Waals surface area contributed by atoms with Gasteiger partial charge < -0.3 is 4.74 Å². The van der Waals surface area contributed by atoms with E-state index < -0.39 is 0 Å². The standard InChI is InChI=1S/C38H52N3O/c1-30(2)36-13-11-14-37(31(3)4)38(36)42-26-10-8-7-9-19-39-22-15-34(16-23-39)35-17-24-40(25-18-35)20-12-21-41-28-32(5)27-33(6)29-41/h11,13-18,22-25,27-31H,7-10,12,19-21,26H2,1-6H3/q+3. The first-order valence-electron chi connectivity index (χ1n) is 16.0. The number of ether oxygens (including phenoxy) is 1. The number of hydrogen-bond acceptors (Lipinski definition) is 1. The molecule has 4 heteroatoms. The average Bonchev–Trinajstić information content (AvgIpc) is 2.96. The zero-order chi connectivity index (χ0) is 29.9. The summed E-state index contributed by atoms with van der Waals surface area (Å²) in [5.74, 6) is 2.08. The van der Waals surface area contributed by atoms with E-state index >= 15 is 0 Å². The molecule has 4 nitrogen and oxygen atoms in total. The van der Waals surface area contributed by atoms with E-state index in [4.69, 9.17) is 4.74 Å². The van der Waals surface area contributed by atoms with Crippen LogP contribution in [-0.2, 0) is 19.6 Å². The Morgan fingerprint density at radius 3 is 1.57 bits per heavy atom. The van der Waals surface area contributed by atoms with Crippen molar-refractivity contribution in [2.24, 2.45) is 0 Å². The Kier molecular flexibility index (Phi) is 11.7. The summed E-state index contributed by atoms with van der Waals surface area (Å²) >= 11 is 0. The van der Waals surface area contributed by atoms with Crippen molar-refractivity contribution in [2.45, 2.75) is 105 Å². The van der Waals surface area contributed by atoms with E-state index in [9.17, 15) is 0 Å². The van der Waals surface area contributed by atoms with E-state index in [1.165, 1.54) is 52.6 Å². The fourth-order valence-corrected chi connectivity index (χ4v) is 5.73. The lowest BCUT2D eigenvalue weighted by atomic mass is 9.94. The Hall–Kier alpha value is -3.53. The third kappa shape index (κ3) is 9.24. The molecule has 0 unspecified atom stereocenters. The molecular formula is C38H52N3O+3. The van der Waals surface area contributed by atoms with E-state index in [-0.39, 0.29) is 0 Å². The Balaban J connectivity index is 1.16. The zero-order valence-electron chi connectivity index (χ0n) is 26.9. The van der Waals surface area contributed by atoms with Gasteiger partial charge in [-0.2, -0.15) is 0 Å². The van der Waals surface area contributed by atoms with Crippen molar-refractivity contribution in [1.82, 2.24) is 0 Å². The highest BCUT2D eigenvalue weighted by Crippen LogP contribution is 2.34. The van der Waals surface area contributed by atoms with Crippen molar-refractivity contribution in [1.29, 1.82) is 0 Å². The Morgan fingerprint density at radius 1 is 0.571 bits per heavy atom. The van der Waals surface area contributed by atoms with Crippen LogP contribution in [0, 0.1) is 13.8 Å². The number of unbranched alkanes of at least 4 members (excludes halogenated alkanes) is 3. The summed E-state index contributed by atoms with van der Waals surface area (Å²) in [6.07, 6.45) is 19.1. The molecule has 3 heterocycles. The van der Waals surface area contributed by atoms with Crippen LogP contribution in [0.4, 0.5) is 0 Å². The van der Waals surface area contributed by atoms with Crippen molar-refractivity contribution >= 4 is 0 Å². The lowest BCUT2D eigenvalue weighted by Gasteiger charge is -2.20. The second-order valence-electron chi connectivity index (χ2n) is 12.5. The first kappa shape index (κ1) is 31.4. The number of para-hydroxylation sites is 1. The summed E-state index contributed by atoms with van der Waals surface area (Å²) in [4.78, 5) is 0. The number of aryl methyl sites for hydroxylation is 5. The zero-order valence-corrected chi connectivity index (χ0v) is 26.9. The van der Waals surface area contributed by atoms with Crippen LogP contribution in [-0.4, -0.2) is 6.61 Å². The normalized spacial score (nSPS) is 11.4. The summed E-state index contributed by atoms with van der Waals surface area (Å²) < 4.78 is 13.3. The summed E-state index contributed by atoms with van der Waals surface area (Å²) in [5, 5.41) is 0. The van der Waals surface area contributed by atoms with Crippen LogP contribution >= 0.6 is 0 Å². The smallest absolute Gasteiger partial charge is 0.171 e. The van der Waals surface area contributed by atoms with Crippen LogP contribution in [0.25, 0.3) is 11.1 Å². The van der Waals surface area contributed by atoms with Crippen molar-refractivity contribution in [3.63, 3.8) is 0 Å². The summed E-state index contributed by atoms with van der Waals surface area (Å²) in [7, 11) is 0. The molecule has 0 aliphatic rings. The number of pyridine rings is 3. The molecule has 0 amide bonds. The van der Waals surface area contributed by atoms with Crippen molar-refractivity contribution in [3.8, 4) is 16.9 Å². The first-order valence-corrected chi connectivity index (χ1v) is 16.0. The van der Waals surface area contributed by atoms with E-state index in [0.29, 0.717) is 11.8 Å². The van der Waals surface area contributed by atoms with Crippen LogP contribution < -0.4 is 18.4 Å². The largest absolute Gasteiger partial charge is 0.493 e. The average molecular weight is 567 g/mol. The van der Waals surface area contributed by atoms with E-state index in [2.05, 4.69) is 141 Å². The molecule has 0 spiro atoms. The molecule has 0 saturated heterocycles. The van der Waals surface area contributed by atoms with Gasteiger partial charge in [-0.05, 0) is 73.3 Å². The number of nitrogens with zero attached hydrogens (tertiary/aromatic N) is 3. The lowest BCUT2D eigenvalue weighted by Crippen LogP contribution is -2.38. The van der Waals surface area contributed by atoms with E-state index in [1.807, 2.05) is 0 Å². The molecule has 4 aromatic rings. The predicted octanol–water partition coefficient (Wildman–Crippen LogP) is 7.81. The molecule has 0 atom stereocenters. The SMILES string of the molecule is Cc1cc(C)c[n+](CCC[n+]2ccc(-c3cc[n+](CCCCCCOc4c(C(C)C)cccc4C(C)C)cc3)cc2)c1. The highest BCUT2D eigenvalue weighted by molar-refractivity contribution is 5.60. The Labute approximate surface area is 254 Å². The minimum absolute atomic E-state index is 0.476. The molecule has 0 aliphatic heterocycles. The minimum Gasteiger partial charge on any atom is -0.493 e. The molecular weight excluding hydrogens is 514 g/mol. The van der Waals surface area contributed by atoms with Gasteiger partial charge in [0.25, 0.3) is 0 Å². The second-order valence-corrected chi connectivity index (χ2v) is 12.5. The number of aromatic nitrogens is 3. The molecule has 1 aromatic carbocycles. The van der Waals surface area contributed by atoms with Crippen molar-refractivity contribution in [2.75, 3.05) is 6.61 Å². The maximum atomic E-state index is 6.36. The van der Waals surface area contributed by atoms with Crippen molar-refractivity contribution in [3.05, 3.63) is 108 Å². The molecule has 0 bridgehead atoms. The summed E-state index contributed by atoms with van der Waals surface area (Å²) in [6.45, 7) is 17.2. The molecule has 0 saturated carbocycles. The topological polar surface area (TPSA) is 20.9 Å². The van der Waals surface area contributed by atoms with Crippen LogP contribution in [0.5, 0.6) is 5.75 Å². The fourth-order valence-electron chi connectivity index (χ4n) is 5.73. The first-order chi connectivity index (χ1) is 20.3. The predicted molar refractivity (Wildman–Crippen MR) is 172 cm³/mol. The minimum atomic E-state index is 0.476. The van der Waals surface area contributed by atoms with E-state index in [0.717, 1.165) is 44.8 Å². The van der Waals surface area contributed by atoms with Gasteiger partial charge in [0, 0.05) is 41.8 Å². The maximum absolute atomic E-state index is 6.36. The van der Waals surface area contributed by atoms with Gasteiger partial charge >= 0.3 is 0 Å². The van der Waals surface area contributed by atoms with Gasteiger partial charge in [0.1, 0.15) is 12.3 Å². The van der Waals surface area contributed by atoms with Gasteiger partial charge in [0.2, 0.25) is 0 Å². The van der Waals surface area contributed by atoms with Gasteiger partial charge in [0.05, 0.1) is 13.0 Å². The highest BCUT2D eigenvalue weighted by Gasteiger charge is 2.15. The number of hydrogen-bond donors (Lipinski definition) is 0. The van der Waals surface area contributed by atoms with Crippen LogP contribution in [0.3, 0.4) is 0 Å². The quantitative estimate of drug-likeness (QED) is 0.106. The maximum Gasteiger partial charge on any atom is 0.171 e. The Bertz CT molecular complexity index is 1340. The Morgan fingerprint density at radius 2 is 1.05 bits per heavy atom. The van der Waals surface area contributed by atoms with Crippen LogP contribution in [0.1, 0.15) is 93.9 Å². The molecule has 0 fully saturated rings. The van der Waals surface area contributed by atoms with Crippen LogP contribution in [0.15, 0.2) is 85.7 Å². The highest BCUT2D eigenvalue weighted by atomic mass is 16.5. The molecule has 42 heavy (non-hydrogen) atoms. The lowest BCUT2D eigenvalue weighted by molar-refractivity contribution is -0.727. The number of benzene rings is 1. The van der Waals surface area contributed by atoms with Gasteiger partial charge in [-0.25, -0.2) is 13.7 Å². The molecule has 3 aromatic heterocycles. The molecule has 222 valence electrons. The molecule has 0 aliphatic carbocycles. The summed E-state index contributed by atoms with van der Waals surface area (Å²) in [5.41, 5.74) is 7.84. The van der Waals surface area contributed by atoms with Gasteiger partial charge in [0.15, 0.2) is 50.3 Å². The monoisotopic (exact) mass is 566 g/mol. The fraction of sp³-hybridized carbons (Fsp3) is 0.447. The van der Waals surface area contributed by atoms with Gasteiger partial charge in [-0.3, -0.25) is 0 Å². The third-order valence-corrected chi connectivity index (χ3v) is 8.02. The van der Waals surface area contributed by atoms with Crippen LogP contribution in [0.2, 0.25) is 0 Å². The molecule has 4 rings (SSSR count). The van der Waals surface area contributed by atoms with E-state index in [1.54, 1.807) is 0 Å². The molecule has 0 N–H and O–H groups in total.